The van der Waals surface area contributed by atoms with E-state index in [4.69, 9.17) is 16.3 Å². The third-order valence-electron chi connectivity index (χ3n) is 3.32. The number of aromatic nitrogens is 1. The second kappa shape index (κ2) is 7.72. The predicted octanol–water partition coefficient (Wildman–Crippen LogP) is 3.53. The third-order valence-corrected chi connectivity index (χ3v) is 4.84. The number of hydrogen-bond donors (Lipinski definition) is 1. The first-order chi connectivity index (χ1) is 10.8. The monoisotopic (exact) mass is 368 g/mol. The molecule has 1 fully saturated rings. The fourth-order valence-electron chi connectivity index (χ4n) is 2.05. The maximum atomic E-state index is 12.6. The van der Waals surface area contributed by atoms with Gasteiger partial charge in [-0.05, 0) is 25.8 Å². The zero-order chi connectivity index (χ0) is 17.0. The average molecular weight is 369 g/mol. The largest absolute Gasteiger partial charge is 0.417 e. The Morgan fingerprint density at radius 3 is 2.91 bits per heavy atom. The molecule has 1 saturated heterocycles. The predicted molar refractivity (Wildman–Crippen MR) is 81.6 cm³/mol. The lowest BCUT2D eigenvalue weighted by Gasteiger charge is -2.15. The van der Waals surface area contributed by atoms with Gasteiger partial charge in [0.15, 0.2) is 0 Å². The first-order valence-corrected chi connectivity index (χ1v) is 8.32. The van der Waals surface area contributed by atoms with Crippen molar-refractivity contribution in [2.45, 2.75) is 42.3 Å². The SMILES string of the molecule is C[C@H](Sc1ncc(C(F)(F)F)cc1Cl)C(=O)NC[C@@H]1CCCO1. The van der Waals surface area contributed by atoms with Gasteiger partial charge < -0.3 is 10.1 Å². The lowest BCUT2D eigenvalue weighted by Crippen LogP contribution is -2.36. The molecule has 0 spiro atoms. The van der Waals surface area contributed by atoms with Crippen molar-refractivity contribution >= 4 is 29.3 Å². The third kappa shape index (κ3) is 5.26. The van der Waals surface area contributed by atoms with E-state index in [2.05, 4.69) is 10.3 Å². The molecule has 1 aromatic rings. The fraction of sp³-hybridized carbons (Fsp3) is 0.571. The summed E-state index contributed by atoms with van der Waals surface area (Å²) < 4.78 is 43.1. The van der Waals surface area contributed by atoms with Crippen LogP contribution in [0.25, 0.3) is 0 Å². The van der Waals surface area contributed by atoms with Gasteiger partial charge in [-0.2, -0.15) is 13.2 Å². The summed E-state index contributed by atoms with van der Waals surface area (Å²) in [4.78, 5) is 15.7. The van der Waals surface area contributed by atoms with Crippen LogP contribution >= 0.6 is 23.4 Å². The maximum Gasteiger partial charge on any atom is 0.417 e. The van der Waals surface area contributed by atoms with Crippen LogP contribution in [0, 0.1) is 0 Å². The highest BCUT2D eigenvalue weighted by Gasteiger charge is 2.32. The summed E-state index contributed by atoms with van der Waals surface area (Å²) in [5, 5.41) is 2.31. The highest BCUT2D eigenvalue weighted by molar-refractivity contribution is 8.00. The molecule has 0 aromatic carbocycles. The first kappa shape index (κ1) is 18.4. The Kier molecular flexibility index (Phi) is 6.16. The van der Waals surface area contributed by atoms with Gasteiger partial charge in [0.05, 0.1) is 21.9 Å². The summed E-state index contributed by atoms with van der Waals surface area (Å²) in [5.74, 6) is -0.233. The van der Waals surface area contributed by atoms with Crippen molar-refractivity contribution < 1.29 is 22.7 Å². The molecule has 2 atom stereocenters. The van der Waals surface area contributed by atoms with Crippen molar-refractivity contribution in [2.24, 2.45) is 0 Å². The molecular weight excluding hydrogens is 353 g/mol. The van der Waals surface area contributed by atoms with Crippen LogP contribution in [0.1, 0.15) is 25.3 Å². The minimum absolute atomic E-state index is 0.0314. The second-order valence-corrected chi connectivity index (χ2v) is 6.89. The van der Waals surface area contributed by atoms with Gasteiger partial charge in [0.1, 0.15) is 5.03 Å². The lowest BCUT2D eigenvalue weighted by atomic mass is 10.2. The van der Waals surface area contributed by atoms with Crippen molar-refractivity contribution in [3.8, 4) is 0 Å². The highest BCUT2D eigenvalue weighted by atomic mass is 35.5. The molecular formula is C14H16ClF3N2O2S. The Balaban J connectivity index is 1.91. The molecule has 0 aliphatic carbocycles. The number of amides is 1. The number of ether oxygens (including phenoxy) is 1. The van der Waals surface area contributed by atoms with Gasteiger partial charge in [-0.3, -0.25) is 4.79 Å². The second-order valence-electron chi connectivity index (χ2n) is 5.15. The lowest BCUT2D eigenvalue weighted by molar-refractivity contribution is -0.137. The van der Waals surface area contributed by atoms with E-state index in [0.29, 0.717) is 19.3 Å². The van der Waals surface area contributed by atoms with E-state index in [-0.39, 0.29) is 22.1 Å². The Labute approximate surface area is 141 Å². The van der Waals surface area contributed by atoms with E-state index in [9.17, 15) is 18.0 Å². The van der Waals surface area contributed by atoms with Gasteiger partial charge in [0, 0.05) is 19.3 Å². The minimum atomic E-state index is -4.50. The van der Waals surface area contributed by atoms with Crippen LogP contribution in [-0.2, 0) is 15.7 Å². The molecule has 1 aliphatic heterocycles. The highest BCUT2D eigenvalue weighted by Crippen LogP contribution is 2.34. The number of halogens is 4. The number of carbonyl (C=O) groups excluding carboxylic acids is 1. The number of pyridine rings is 1. The van der Waals surface area contributed by atoms with Crippen molar-refractivity contribution in [1.29, 1.82) is 0 Å². The minimum Gasteiger partial charge on any atom is -0.376 e. The molecule has 1 amide bonds. The summed E-state index contributed by atoms with van der Waals surface area (Å²) >= 11 is 6.85. The molecule has 0 radical (unpaired) electrons. The molecule has 1 N–H and O–H groups in total. The van der Waals surface area contributed by atoms with Gasteiger partial charge >= 0.3 is 6.18 Å². The van der Waals surface area contributed by atoms with Gasteiger partial charge in [-0.1, -0.05) is 23.4 Å². The molecule has 2 heterocycles. The van der Waals surface area contributed by atoms with Crippen LogP contribution in [0.4, 0.5) is 13.2 Å². The molecule has 0 saturated carbocycles. The number of nitrogens with one attached hydrogen (secondary N) is 1. The fourth-order valence-corrected chi connectivity index (χ4v) is 3.16. The van der Waals surface area contributed by atoms with Crippen molar-refractivity contribution in [1.82, 2.24) is 10.3 Å². The van der Waals surface area contributed by atoms with E-state index in [0.717, 1.165) is 30.7 Å². The molecule has 1 aliphatic rings. The van der Waals surface area contributed by atoms with Crippen LogP contribution in [0.5, 0.6) is 0 Å². The Morgan fingerprint density at radius 2 is 2.35 bits per heavy atom. The van der Waals surface area contributed by atoms with E-state index < -0.39 is 17.0 Å². The van der Waals surface area contributed by atoms with E-state index >= 15 is 0 Å². The number of alkyl halides is 3. The van der Waals surface area contributed by atoms with E-state index in [1.165, 1.54) is 0 Å². The van der Waals surface area contributed by atoms with Crippen molar-refractivity contribution in [2.75, 3.05) is 13.2 Å². The van der Waals surface area contributed by atoms with Gasteiger partial charge in [0.25, 0.3) is 0 Å². The smallest absolute Gasteiger partial charge is 0.376 e. The summed E-state index contributed by atoms with van der Waals surface area (Å²) in [6.45, 7) is 2.78. The van der Waals surface area contributed by atoms with Crippen molar-refractivity contribution in [3.05, 3.63) is 22.8 Å². The quantitative estimate of drug-likeness (QED) is 0.808. The number of thioether (sulfide) groups is 1. The van der Waals surface area contributed by atoms with E-state index in [1.54, 1.807) is 6.92 Å². The number of carbonyl (C=O) groups is 1. The molecule has 4 nitrogen and oxygen atoms in total. The summed E-state index contributed by atoms with van der Waals surface area (Å²) in [6, 6.07) is 0.813. The zero-order valence-electron chi connectivity index (χ0n) is 12.3. The van der Waals surface area contributed by atoms with Gasteiger partial charge in [-0.25, -0.2) is 4.98 Å². The standard InChI is InChI=1S/C14H16ClF3N2O2S/c1-8(12(21)19-7-10-3-2-4-22-10)23-13-11(15)5-9(6-20-13)14(16,17)18/h5-6,8,10H,2-4,7H2,1H3,(H,19,21)/t8-,10-/m0/s1. The number of nitrogens with zero attached hydrogens (tertiary/aromatic N) is 1. The van der Waals surface area contributed by atoms with Crippen LogP contribution in [0.3, 0.4) is 0 Å². The molecule has 128 valence electrons. The summed E-state index contributed by atoms with van der Waals surface area (Å²) in [5.41, 5.74) is -0.915. The first-order valence-electron chi connectivity index (χ1n) is 7.06. The Morgan fingerprint density at radius 1 is 1.61 bits per heavy atom. The van der Waals surface area contributed by atoms with Crippen LogP contribution in [-0.4, -0.2) is 35.4 Å². The van der Waals surface area contributed by atoms with Crippen LogP contribution in [0.15, 0.2) is 17.3 Å². The molecule has 23 heavy (non-hydrogen) atoms. The topological polar surface area (TPSA) is 51.2 Å². The number of rotatable bonds is 5. The van der Waals surface area contributed by atoms with Crippen LogP contribution < -0.4 is 5.32 Å². The van der Waals surface area contributed by atoms with Gasteiger partial charge in [-0.15, -0.1) is 0 Å². The molecule has 1 aromatic heterocycles. The molecule has 2 rings (SSSR count). The van der Waals surface area contributed by atoms with Crippen molar-refractivity contribution in [3.63, 3.8) is 0 Å². The van der Waals surface area contributed by atoms with Crippen LogP contribution in [0.2, 0.25) is 5.02 Å². The molecule has 0 unspecified atom stereocenters. The molecule has 0 bridgehead atoms. The molecule has 9 heteroatoms. The summed E-state index contributed by atoms with van der Waals surface area (Å²) in [7, 11) is 0. The Hall–Kier alpha value is -0.990. The average Bonchev–Trinajstić information content (AvgIpc) is 2.99. The van der Waals surface area contributed by atoms with E-state index in [1.807, 2.05) is 0 Å². The van der Waals surface area contributed by atoms with Gasteiger partial charge in [0.2, 0.25) is 5.91 Å². The maximum absolute atomic E-state index is 12.6. The number of hydrogen-bond acceptors (Lipinski definition) is 4. The normalized spacial score (nSPS) is 19.6. The summed E-state index contributed by atoms with van der Waals surface area (Å²) in [6.07, 6.45) is -1.86. The zero-order valence-corrected chi connectivity index (χ0v) is 13.9. The Bertz CT molecular complexity index is 565.